The van der Waals surface area contributed by atoms with Gasteiger partial charge in [0.05, 0.1) is 4.92 Å². The van der Waals surface area contributed by atoms with Gasteiger partial charge in [-0.05, 0) is 25.0 Å². The average molecular weight is 299 g/mol. The van der Waals surface area contributed by atoms with Gasteiger partial charge in [-0.25, -0.2) is 0 Å². The molecule has 0 spiro atoms. The van der Waals surface area contributed by atoms with Crippen LogP contribution in [-0.4, -0.2) is 28.8 Å². The number of carbonyl (C=O) groups is 1. The Morgan fingerprint density at radius 2 is 2.10 bits per heavy atom. The molecule has 110 valence electrons. The second-order valence-electron chi connectivity index (χ2n) is 4.78. The van der Waals surface area contributed by atoms with Gasteiger partial charge >= 0.3 is 0 Å². The van der Waals surface area contributed by atoms with Crippen LogP contribution >= 0.6 is 11.6 Å². The Bertz CT molecular complexity index is 505. The Balaban J connectivity index is 3.01. The van der Waals surface area contributed by atoms with E-state index in [2.05, 4.69) is 13.8 Å². The molecule has 0 aromatic heterocycles. The van der Waals surface area contributed by atoms with Crippen molar-refractivity contribution >= 4 is 23.2 Å². The lowest BCUT2D eigenvalue weighted by Crippen LogP contribution is -2.34. The zero-order valence-electron chi connectivity index (χ0n) is 11.9. The predicted octanol–water partition coefficient (Wildman–Crippen LogP) is 3.76. The third-order valence-corrected chi connectivity index (χ3v) is 3.61. The van der Waals surface area contributed by atoms with Crippen molar-refractivity contribution in [3.63, 3.8) is 0 Å². The minimum Gasteiger partial charge on any atom is -0.339 e. The molecule has 0 aliphatic rings. The Labute approximate surface area is 123 Å². The van der Waals surface area contributed by atoms with Crippen LogP contribution in [-0.2, 0) is 0 Å². The normalized spacial score (nSPS) is 12.0. The van der Waals surface area contributed by atoms with Gasteiger partial charge in [-0.1, -0.05) is 31.9 Å². The van der Waals surface area contributed by atoms with Crippen molar-refractivity contribution < 1.29 is 9.72 Å². The van der Waals surface area contributed by atoms with E-state index in [1.807, 2.05) is 6.92 Å². The molecule has 0 bridgehead atoms. The SMILES string of the molecule is CCC(C)CN(CC)C(=O)c1ccc(Cl)c([N+](=O)[O-])c1. The van der Waals surface area contributed by atoms with Gasteiger partial charge in [0.25, 0.3) is 11.6 Å². The number of benzene rings is 1. The van der Waals surface area contributed by atoms with E-state index in [-0.39, 0.29) is 16.6 Å². The maximum absolute atomic E-state index is 12.4. The zero-order valence-corrected chi connectivity index (χ0v) is 12.7. The monoisotopic (exact) mass is 298 g/mol. The number of nitro benzene ring substituents is 1. The fourth-order valence-corrected chi connectivity index (χ4v) is 2.02. The van der Waals surface area contributed by atoms with Gasteiger partial charge in [0.2, 0.25) is 0 Å². The van der Waals surface area contributed by atoms with Crippen molar-refractivity contribution in [2.24, 2.45) is 5.92 Å². The highest BCUT2D eigenvalue weighted by atomic mass is 35.5. The lowest BCUT2D eigenvalue weighted by Gasteiger charge is -2.24. The van der Waals surface area contributed by atoms with Gasteiger partial charge in [0.1, 0.15) is 5.02 Å². The van der Waals surface area contributed by atoms with Gasteiger partial charge in [-0.15, -0.1) is 0 Å². The molecule has 1 rings (SSSR count). The highest BCUT2D eigenvalue weighted by molar-refractivity contribution is 6.32. The molecular weight excluding hydrogens is 280 g/mol. The molecule has 1 unspecified atom stereocenters. The van der Waals surface area contributed by atoms with Crippen LogP contribution in [0, 0.1) is 16.0 Å². The second-order valence-corrected chi connectivity index (χ2v) is 5.19. The number of amides is 1. The van der Waals surface area contributed by atoms with Crippen LogP contribution in [0.3, 0.4) is 0 Å². The van der Waals surface area contributed by atoms with Crippen LogP contribution < -0.4 is 0 Å². The third-order valence-electron chi connectivity index (χ3n) is 3.29. The summed E-state index contributed by atoms with van der Waals surface area (Å²) in [5.41, 5.74) is 0.0587. The topological polar surface area (TPSA) is 63.5 Å². The summed E-state index contributed by atoms with van der Waals surface area (Å²) in [4.78, 5) is 24.3. The first-order chi connectivity index (χ1) is 9.40. The van der Waals surface area contributed by atoms with E-state index in [1.54, 1.807) is 4.90 Å². The van der Waals surface area contributed by atoms with Gasteiger partial charge in [-0.3, -0.25) is 14.9 Å². The van der Waals surface area contributed by atoms with Crippen LogP contribution in [0.1, 0.15) is 37.6 Å². The molecule has 0 heterocycles. The maximum Gasteiger partial charge on any atom is 0.288 e. The van der Waals surface area contributed by atoms with Gasteiger partial charge < -0.3 is 4.90 Å². The van der Waals surface area contributed by atoms with Crippen molar-refractivity contribution in [2.45, 2.75) is 27.2 Å². The molecule has 1 aromatic rings. The number of halogens is 1. The summed E-state index contributed by atoms with van der Waals surface area (Å²) in [6.07, 6.45) is 0.977. The molecule has 1 amide bonds. The van der Waals surface area contributed by atoms with E-state index in [1.165, 1.54) is 18.2 Å². The Morgan fingerprint density at radius 1 is 1.45 bits per heavy atom. The molecule has 0 radical (unpaired) electrons. The van der Waals surface area contributed by atoms with Crippen LogP contribution in [0.2, 0.25) is 5.02 Å². The standard InChI is InChI=1S/C14H19ClN2O3/c1-4-10(3)9-16(5-2)14(18)11-6-7-12(15)13(8-11)17(19)20/h6-8,10H,4-5,9H2,1-3H3. The van der Waals surface area contributed by atoms with E-state index in [4.69, 9.17) is 11.6 Å². The highest BCUT2D eigenvalue weighted by Gasteiger charge is 2.20. The summed E-state index contributed by atoms with van der Waals surface area (Å²) in [7, 11) is 0. The summed E-state index contributed by atoms with van der Waals surface area (Å²) in [6.45, 7) is 7.24. The first-order valence-corrected chi connectivity index (χ1v) is 7.01. The molecule has 0 aliphatic carbocycles. The Hall–Kier alpha value is -1.62. The minimum atomic E-state index is -0.579. The molecule has 0 saturated heterocycles. The van der Waals surface area contributed by atoms with Crippen LogP contribution in [0.4, 0.5) is 5.69 Å². The van der Waals surface area contributed by atoms with Crippen LogP contribution in [0.15, 0.2) is 18.2 Å². The van der Waals surface area contributed by atoms with E-state index in [0.717, 1.165) is 6.42 Å². The smallest absolute Gasteiger partial charge is 0.288 e. The number of hydrogen-bond acceptors (Lipinski definition) is 3. The van der Waals surface area contributed by atoms with E-state index in [0.29, 0.717) is 24.6 Å². The molecule has 5 nitrogen and oxygen atoms in total. The van der Waals surface area contributed by atoms with Crippen molar-refractivity contribution in [3.05, 3.63) is 38.9 Å². The lowest BCUT2D eigenvalue weighted by molar-refractivity contribution is -0.384. The summed E-state index contributed by atoms with van der Waals surface area (Å²) in [5, 5.41) is 10.9. The summed E-state index contributed by atoms with van der Waals surface area (Å²) in [6, 6.07) is 4.16. The quantitative estimate of drug-likeness (QED) is 0.593. The zero-order chi connectivity index (χ0) is 15.3. The average Bonchev–Trinajstić information content (AvgIpc) is 2.43. The lowest BCUT2D eigenvalue weighted by atomic mass is 10.1. The number of hydrogen-bond donors (Lipinski definition) is 0. The van der Waals surface area contributed by atoms with Crippen molar-refractivity contribution in [2.75, 3.05) is 13.1 Å². The molecule has 0 N–H and O–H groups in total. The van der Waals surface area contributed by atoms with Gasteiger partial charge in [0, 0.05) is 24.7 Å². The molecule has 20 heavy (non-hydrogen) atoms. The molecule has 0 fully saturated rings. The molecule has 0 saturated carbocycles. The first kappa shape index (κ1) is 16.4. The Kier molecular flexibility index (Phi) is 5.95. The number of carbonyl (C=O) groups excluding carboxylic acids is 1. The van der Waals surface area contributed by atoms with E-state index in [9.17, 15) is 14.9 Å². The van der Waals surface area contributed by atoms with Crippen molar-refractivity contribution in [1.29, 1.82) is 0 Å². The summed E-state index contributed by atoms with van der Waals surface area (Å²) < 4.78 is 0. The molecular formula is C14H19ClN2O3. The first-order valence-electron chi connectivity index (χ1n) is 6.63. The minimum absolute atomic E-state index is 0.0384. The molecule has 1 atom stereocenters. The maximum atomic E-state index is 12.4. The number of nitro groups is 1. The molecule has 0 aliphatic heterocycles. The van der Waals surface area contributed by atoms with E-state index < -0.39 is 4.92 Å². The van der Waals surface area contributed by atoms with E-state index >= 15 is 0 Å². The summed E-state index contributed by atoms with van der Waals surface area (Å²) >= 11 is 5.75. The fourth-order valence-electron chi connectivity index (χ4n) is 1.83. The van der Waals surface area contributed by atoms with Crippen LogP contribution in [0.25, 0.3) is 0 Å². The second kappa shape index (κ2) is 7.24. The number of nitrogens with zero attached hydrogens (tertiary/aromatic N) is 2. The fraction of sp³-hybridized carbons (Fsp3) is 0.500. The molecule has 6 heteroatoms. The van der Waals surface area contributed by atoms with Gasteiger partial charge in [-0.2, -0.15) is 0 Å². The predicted molar refractivity (Wildman–Crippen MR) is 79.1 cm³/mol. The van der Waals surface area contributed by atoms with Crippen molar-refractivity contribution in [3.8, 4) is 0 Å². The van der Waals surface area contributed by atoms with Crippen LogP contribution in [0.5, 0.6) is 0 Å². The third kappa shape index (κ3) is 3.93. The molecule has 1 aromatic carbocycles. The largest absolute Gasteiger partial charge is 0.339 e. The Morgan fingerprint density at radius 3 is 2.60 bits per heavy atom. The summed E-state index contributed by atoms with van der Waals surface area (Å²) in [5.74, 6) is 0.189. The highest BCUT2D eigenvalue weighted by Crippen LogP contribution is 2.25. The number of rotatable bonds is 6. The van der Waals surface area contributed by atoms with Gasteiger partial charge in [0.15, 0.2) is 0 Å². The van der Waals surface area contributed by atoms with Crippen molar-refractivity contribution in [1.82, 2.24) is 4.90 Å².